The Morgan fingerprint density at radius 1 is 1.04 bits per heavy atom. The first-order valence-electron chi connectivity index (χ1n) is 8.35. The number of anilines is 1. The molecule has 3 heterocycles. The van der Waals surface area contributed by atoms with Crippen LogP contribution >= 0.6 is 0 Å². The quantitative estimate of drug-likeness (QED) is 0.543. The maximum Gasteiger partial charge on any atom is 0.260 e. The Labute approximate surface area is 150 Å². The van der Waals surface area contributed by atoms with E-state index in [4.69, 9.17) is 4.52 Å². The molecule has 5 nitrogen and oxygen atoms in total. The van der Waals surface area contributed by atoms with Crippen molar-refractivity contribution in [2.75, 3.05) is 18.5 Å². The van der Waals surface area contributed by atoms with Gasteiger partial charge in [0.2, 0.25) is 0 Å². The molecule has 4 aromatic rings. The van der Waals surface area contributed by atoms with Gasteiger partial charge in [0.05, 0.1) is 5.39 Å². The van der Waals surface area contributed by atoms with E-state index >= 15 is 0 Å². The summed E-state index contributed by atoms with van der Waals surface area (Å²) in [5, 5.41) is 4.71. The second-order valence-corrected chi connectivity index (χ2v) is 6.03. The summed E-state index contributed by atoms with van der Waals surface area (Å²) < 4.78 is 19.4. The van der Waals surface area contributed by atoms with E-state index in [0.29, 0.717) is 22.4 Å². The topological polar surface area (TPSA) is 55.1 Å². The largest absolute Gasteiger partial charge is 0.359 e. The van der Waals surface area contributed by atoms with Gasteiger partial charge in [0, 0.05) is 37.5 Å². The summed E-state index contributed by atoms with van der Waals surface area (Å²) in [5.74, 6) is 0.434. The Morgan fingerprint density at radius 3 is 2.69 bits per heavy atom. The minimum absolute atomic E-state index is 0.334. The third-order valence-electron chi connectivity index (χ3n) is 4.27. The van der Waals surface area contributed by atoms with Crippen molar-refractivity contribution < 1.29 is 8.91 Å². The molecule has 1 aromatic carbocycles. The molecule has 130 valence electrons. The van der Waals surface area contributed by atoms with E-state index in [1.807, 2.05) is 42.3 Å². The lowest BCUT2D eigenvalue weighted by molar-refractivity contribution is 0.451. The highest BCUT2D eigenvalue weighted by Gasteiger charge is 2.16. The second kappa shape index (κ2) is 6.92. The van der Waals surface area contributed by atoms with Gasteiger partial charge in [-0.05, 0) is 36.4 Å². The molecule has 0 aliphatic heterocycles. The van der Waals surface area contributed by atoms with E-state index in [0.717, 1.165) is 24.5 Å². The first kappa shape index (κ1) is 16.2. The van der Waals surface area contributed by atoms with Gasteiger partial charge in [-0.25, -0.2) is 4.39 Å². The molecule has 0 atom stereocenters. The number of aromatic nitrogens is 3. The van der Waals surface area contributed by atoms with Gasteiger partial charge >= 0.3 is 0 Å². The summed E-state index contributed by atoms with van der Waals surface area (Å²) in [7, 11) is 1.96. The number of hydrogen-bond acceptors (Lipinski definition) is 5. The number of nitrogens with zero attached hydrogens (tertiary/aromatic N) is 4. The Bertz CT molecular complexity index is 1030. The van der Waals surface area contributed by atoms with Gasteiger partial charge in [-0.1, -0.05) is 23.4 Å². The van der Waals surface area contributed by atoms with E-state index in [2.05, 4.69) is 15.1 Å². The van der Waals surface area contributed by atoms with E-state index in [1.54, 1.807) is 24.4 Å². The van der Waals surface area contributed by atoms with Gasteiger partial charge in [0.25, 0.3) is 5.71 Å². The first-order valence-corrected chi connectivity index (χ1v) is 8.35. The van der Waals surface area contributed by atoms with Crippen LogP contribution in [0.4, 0.5) is 10.2 Å². The zero-order valence-corrected chi connectivity index (χ0v) is 14.3. The van der Waals surface area contributed by atoms with Crippen molar-refractivity contribution in [1.82, 2.24) is 15.1 Å². The summed E-state index contributed by atoms with van der Waals surface area (Å²) in [6.07, 6.45) is 2.60. The number of pyridine rings is 2. The van der Waals surface area contributed by atoms with Crippen molar-refractivity contribution in [3.63, 3.8) is 0 Å². The SMILES string of the molecule is CN(CCc1ccccn1)c1ccc2c(-c3ccccc3F)noc2n1. The van der Waals surface area contributed by atoms with E-state index in [1.165, 1.54) is 6.07 Å². The standard InChI is InChI=1S/C20H17FN4O/c1-25(13-11-14-6-4-5-12-22-14)18-10-9-16-19(24-26-20(16)23-18)15-7-2-3-8-17(15)21/h2-10,12H,11,13H2,1H3. The highest BCUT2D eigenvalue weighted by molar-refractivity contribution is 5.90. The van der Waals surface area contributed by atoms with Gasteiger partial charge in [-0.3, -0.25) is 4.98 Å². The molecule has 0 fully saturated rings. The fraction of sp³-hybridized carbons (Fsp3) is 0.150. The van der Waals surface area contributed by atoms with Crippen LogP contribution in [-0.2, 0) is 6.42 Å². The summed E-state index contributed by atoms with van der Waals surface area (Å²) >= 11 is 0. The number of halogens is 1. The molecule has 0 saturated heterocycles. The molecule has 3 aromatic heterocycles. The fourth-order valence-corrected chi connectivity index (χ4v) is 2.82. The van der Waals surface area contributed by atoms with Crippen LogP contribution in [0.15, 0.2) is 65.3 Å². The van der Waals surface area contributed by atoms with Crippen LogP contribution in [-0.4, -0.2) is 28.7 Å². The van der Waals surface area contributed by atoms with Crippen molar-refractivity contribution in [1.29, 1.82) is 0 Å². The molecular weight excluding hydrogens is 331 g/mol. The predicted octanol–water partition coefficient (Wildman–Crippen LogP) is 4.10. The first-order chi connectivity index (χ1) is 12.7. The molecule has 0 spiro atoms. The second-order valence-electron chi connectivity index (χ2n) is 6.03. The Balaban J connectivity index is 1.58. The van der Waals surface area contributed by atoms with Gasteiger partial charge in [0.1, 0.15) is 17.3 Å². The molecule has 0 unspecified atom stereocenters. The Morgan fingerprint density at radius 2 is 1.88 bits per heavy atom. The normalized spacial score (nSPS) is 11.0. The molecule has 0 aliphatic rings. The third-order valence-corrected chi connectivity index (χ3v) is 4.27. The smallest absolute Gasteiger partial charge is 0.260 e. The van der Waals surface area contributed by atoms with Crippen LogP contribution < -0.4 is 4.90 Å². The number of benzene rings is 1. The lowest BCUT2D eigenvalue weighted by atomic mass is 10.1. The van der Waals surface area contributed by atoms with Crippen LogP contribution in [0.5, 0.6) is 0 Å². The maximum absolute atomic E-state index is 14.0. The molecule has 0 bridgehead atoms. The third kappa shape index (κ3) is 3.13. The summed E-state index contributed by atoms with van der Waals surface area (Å²) in [6.45, 7) is 0.768. The Kier molecular flexibility index (Phi) is 4.31. The highest BCUT2D eigenvalue weighted by Crippen LogP contribution is 2.30. The molecule has 0 aliphatic carbocycles. The van der Waals surface area contributed by atoms with E-state index in [-0.39, 0.29) is 5.82 Å². The van der Waals surface area contributed by atoms with Crippen molar-refractivity contribution in [2.45, 2.75) is 6.42 Å². The molecule has 0 amide bonds. The summed E-state index contributed by atoms with van der Waals surface area (Å²) in [4.78, 5) is 10.9. The molecule has 0 saturated carbocycles. The average Bonchev–Trinajstić information content (AvgIpc) is 3.10. The molecule has 0 N–H and O–H groups in total. The summed E-state index contributed by atoms with van der Waals surface area (Å²) in [5.41, 5.74) is 2.30. The van der Waals surface area contributed by atoms with Gasteiger partial charge in [0.15, 0.2) is 0 Å². The molecule has 6 heteroatoms. The van der Waals surface area contributed by atoms with E-state index in [9.17, 15) is 4.39 Å². The lowest BCUT2D eigenvalue weighted by Crippen LogP contribution is -2.21. The molecule has 4 rings (SSSR count). The van der Waals surface area contributed by atoms with Gasteiger partial charge in [-0.2, -0.15) is 4.98 Å². The van der Waals surface area contributed by atoms with Crippen LogP contribution in [0.25, 0.3) is 22.4 Å². The van der Waals surface area contributed by atoms with Crippen molar-refractivity contribution >= 4 is 16.9 Å². The van der Waals surface area contributed by atoms with Crippen LogP contribution in [0.1, 0.15) is 5.69 Å². The van der Waals surface area contributed by atoms with Crippen molar-refractivity contribution in [3.05, 3.63) is 72.3 Å². The van der Waals surface area contributed by atoms with Crippen molar-refractivity contribution in [3.8, 4) is 11.3 Å². The van der Waals surface area contributed by atoms with E-state index < -0.39 is 0 Å². The molecular formula is C20H17FN4O. The van der Waals surface area contributed by atoms with Crippen LogP contribution in [0.3, 0.4) is 0 Å². The highest BCUT2D eigenvalue weighted by atomic mass is 19.1. The molecule has 26 heavy (non-hydrogen) atoms. The number of rotatable bonds is 5. The molecule has 0 radical (unpaired) electrons. The summed E-state index contributed by atoms with van der Waals surface area (Å²) in [6, 6.07) is 16.1. The zero-order chi connectivity index (χ0) is 17.9. The minimum atomic E-state index is -0.334. The van der Waals surface area contributed by atoms with Gasteiger partial charge < -0.3 is 9.42 Å². The number of likely N-dealkylation sites (N-methyl/N-ethyl adjacent to an activating group) is 1. The Hall–Kier alpha value is -3.28. The van der Waals surface area contributed by atoms with Crippen LogP contribution in [0, 0.1) is 5.82 Å². The maximum atomic E-state index is 14.0. The number of hydrogen-bond donors (Lipinski definition) is 0. The van der Waals surface area contributed by atoms with Gasteiger partial charge in [-0.15, -0.1) is 0 Å². The minimum Gasteiger partial charge on any atom is -0.359 e. The monoisotopic (exact) mass is 348 g/mol. The van der Waals surface area contributed by atoms with Crippen LogP contribution in [0.2, 0.25) is 0 Å². The lowest BCUT2D eigenvalue weighted by Gasteiger charge is -2.17. The fourth-order valence-electron chi connectivity index (χ4n) is 2.82. The number of fused-ring (bicyclic) bond motifs is 1. The van der Waals surface area contributed by atoms with Crippen molar-refractivity contribution in [2.24, 2.45) is 0 Å². The zero-order valence-electron chi connectivity index (χ0n) is 14.3. The average molecular weight is 348 g/mol. The predicted molar refractivity (Wildman–Crippen MR) is 98.4 cm³/mol.